The third-order valence-corrected chi connectivity index (χ3v) is 6.46. The van der Waals surface area contributed by atoms with Crippen molar-refractivity contribution in [2.24, 2.45) is 5.73 Å². The second-order valence-corrected chi connectivity index (χ2v) is 8.67. The van der Waals surface area contributed by atoms with E-state index in [0.717, 1.165) is 4.90 Å². The first-order chi connectivity index (χ1) is 16.9. The molecule has 2 aromatic carbocycles. The molecule has 1 atom stereocenters. The lowest BCUT2D eigenvalue weighted by molar-refractivity contribution is -0.139. The van der Waals surface area contributed by atoms with Crippen LogP contribution in [0.15, 0.2) is 64.1 Å². The van der Waals surface area contributed by atoms with Crippen LogP contribution in [0.1, 0.15) is 18.4 Å². The van der Waals surface area contributed by atoms with E-state index in [-0.39, 0.29) is 23.6 Å². The standard InChI is InChI=1S/C25H25ClN2O6S/c1-5-33-25(29)22-21(14-10-18(30-2)23(32-4)19(11-14)31-3)17(12-27)20(34-24(22)28)13-35-16-8-6-15(26)7-9-16/h6-11,21H,5,13,28H2,1-4H3/t21-/m1/s1. The Kier molecular flexibility index (Phi) is 8.79. The topological polar surface area (TPSA) is 113 Å². The number of halogens is 1. The average Bonchev–Trinajstić information content (AvgIpc) is 2.86. The number of rotatable bonds is 9. The number of nitrogens with two attached hydrogens (primary N) is 1. The van der Waals surface area contributed by atoms with E-state index in [0.29, 0.717) is 39.3 Å². The van der Waals surface area contributed by atoms with Crippen molar-refractivity contribution in [3.63, 3.8) is 0 Å². The van der Waals surface area contributed by atoms with E-state index in [9.17, 15) is 10.1 Å². The van der Waals surface area contributed by atoms with Gasteiger partial charge < -0.3 is 29.4 Å². The highest BCUT2D eigenvalue weighted by Gasteiger charge is 2.38. The largest absolute Gasteiger partial charge is 0.493 e. The highest BCUT2D eigenvalue weighted by molar-refractivity contribution is 7.99. The second-order valence-electron chi connectivity index (χ2n) is 7.18. The number of allylic oxidation sites excluding steroid dienone is 1. The normalized spacial score (nSPS) is 15.3. The summed E-state index contributed by atoms with van der Waals surface area (Å²) in [6.07, 6.45) is 0. The minimum Gasteiger partial charge on any atom is -0.493 e. The number of carbonyl (C=O) groups is 1. The van der Waals surface area contributed by atoms with Crippen molar-refractivity contribution >= 4 is 29.3 Å². The summed E-state index contributed by atoms with van der Waals surface area (Å²) in [6.45, 7) is 1.81. The van der Waals surface area contributed by atoms with Crippen LogP contribution >= 0.6 is 23.4 Å². The molecule has 1 aliphatic rings. The summed E-state index contributed by atoms with van der Waals surface area (Å²) in [5.74, 6) is 0.0470. The summed E-state index contributed by atoms with van der Waals surface area (Å²) >= 11 is 7.41. The van der Waals surface area contributed by atoms with Crippen LogP contribution in [0.4, 0.5) is 0 Å². The molecular weight excluding hydrogens is 492 g/mol. The zero-order valence-electron chi connectivity index (χ0n) is 19.7. The van der Waals surface area contributed by atoms with E-state index >= 15 is 0 Å². The van der Waals surface area contributed by atoms with Gasteiger partial charge in [0.1, 0.15) is 11.3 Å². The molecule has 1 aliphatic heterocycles. The highest BCUT2D eigenvalue weighted by atomic mass is 35.5. The first-order valence-electron chi connectivity index (χ1n) is 10.5. The molecule has 2 aromatic rings. The van der Waals surface area contributed by atoms with Crippen molar-refractivity contribution < 1.29 is 28.5 Å². The molecule has 0 radical (unpaired) electrons. The van der Waals surface area contributed by atoms with Gasteiger partial charge in [-0.2, -0.15) is 5.26 Å². The Bertz CT molecular complexity index is 1180. The number of benzene rings is 2. The summed E-state index contributed by atoms with van der Waals surface area (Å²) in [5, 5.41) is 10.8. The summed E-state index contributed by atoms with van der Waals surface area (Å²) in [7, 11) is 4.45. The molecule has 10 heteroatoms. The minimum atomic E-state index is -0.873. The van der Waals surface area contributed by atoms with Gasteiger partial charge in [0, 0.05) is 9.92 Å². The number of hydrogen-bond donors (Lipinski definition) is 1. The van der Waals surface area contributed by atoms with E-state index in [1.165, 1.54) is 33.1 Å². The van der Waals surface area contributed by atoms with Gasteiger partial charge in [-0.3, -0.25) is 0 Å². The van der Waals surface area contributed by atoms with Crippen LogP contribution < -0.4 is 19.9 Å². The van der Waals surface area contributed by atoms with Crippen LogP contribution in [-0.4, -0.2) is 39.7 Å². The van der Waals surface area contributed by atoms with Gasteiger partial charge in [0.2, 0.25) is 11.6 Å². The SMILES string of the molecule is CCOC(=O)C1=C(N)OC(CSc2ccc(Cl)cc2)=C(C#N)[C@H]1c1cc(OC)c(OC)c(OC)c1. The predicted molar refractivity (Wildman–Crippen MR) is 133 cm³/mol. The molecule has 0 bridgehead atoms. The van der Waals surface area contributed by atoms with Gasteiger partial charge in [-0.1, -0.05) is 11.6 Å². The molecule has 0 fully saturated rings. The predicted octanol–water partition coefficient (Wildman–Crippen LogP) is 4.78. The fourth-order valence-corrected chi connectivity index (χ4v) is 4.60. The minimum absolute atomic E-state index is 0.0258. The molecule has 0 saturated carbocycles. The molecule has 0 spiro atoms. The molecule has 0 unspecified atom stereocenters. The Morgan fingerprint density at radius 1 is 1.14 bits per heavy atom. The Morgan fingerprint density at radius 2 is 1.77 bits per heavy atom. The van der Waals surface area contributed by atoms with Crippen molar-refractivity contribution in [2.75, 3.05) is 33.7 Å². The molecule has 184 valence electrons. The fourth-order valence-electron chi connectivity index (χ4n) is 3.63. The quantitative estimate of drug-likeness (QED) is 0.371. The van der Waals surface area contributed by atoms with Crippen LogP contribution in [0.2, 0.25) is 5.02 Å². The molecule has 0 saturated heterocycles. The maximum Gasteiger partial charge on any atom is 0.340 e. The Morgan fingerprint density at radius 3 is 2.29 bits per heavy atom. The fraction of sp³-hybridized carbons (Fsp3) is 0.280. The van der Waals surface area contributed by atoms with Gasteiger partial charge >= 0.3 is 5.97 Å². The van der Waals surface area contributed by atoms with E-state index in [2.05, 4.69) is 6.07 Å². The third-order valence-electron chi connectivity index (χ3n) is 5.20. The zero-order valence-corrected chi connectivity index (χ0v) is 21.3. The van der Waals surface area contributed by atoms with Crippen LogP contribution in [0.3, 0.4) is 0 Å². The van der Waals surface area contributed by atoms with Gasteiger partial charge in [0.15, 0.2) is 11.5 Å². The molecular formula is C25H25ClN2O6S. The molecule has 35 heavy (non-hydrogen) atoms. The third kappa shape index (κ3) is 5.61. The first kappa shape index (κ1) is 26.1. The number of nitrogens with zero attached hydrogens (tertiary/aromatic N) is 1. The average molecular weight is 517 g/mol. The van der Waals surface area contributed by atoms with Crippen molar-refractivity contribution in [3.8, 4) is 23.3 Å². The van der Waals surface area contributed by atoms with E-state index in [4.69, 9.17) is 41.0 Å². The molecule has 1 heterocycles. The number of hydrogen-bond acceptors (Lipinski definition) is 9. The van der Waals surface area contributed by atoms with E-state index in [1.54, 1.807) is 31.2 Å². The first-order valence-corrected chi connectivity index (χ1v) is 11.9. The molecule has 0 amide bonds. The molecule has 0 aliphatic carbocycles. The maximum atomic E-state index is 12.9. The van der Waals surface area contributed by atoms with Crippen molar-refractivity contribution in [2.45, 2.75) is 17.7 Å². The van der Waals surface area contributed by atoms with Gasteiger partial charge in [-0.05, 0) is 48.9 Å². The monoisotopic (exact) mass is 516 g/mol. The van der Waals surface area contributed by atoms with Crippen LogP contribution in [-0.2, 0) is 14.3 Å². The zero-order chi connectivity index (χ0) is 25.5. The lowest BCUT2D eigenvalue weighted by atomic mass is 9.83. The Balaban J connectivity index is 2.14. The summed E-state index contributed by atoms with van der Waals surface area (Å²) in [5.41, 5.74) is 7.00. The van der Waals surface area contributed by atoms with Crippen molar-refractivity contribution in [3.05, 3.63) is 69.8 Å². The lowest BCUT2D eigenvalue weighted by Gasteiger charge is -2.28. The number of esters is 1. The maximum absolute atomic E-state index is 12.9. The number of nitriles is 1. The number of carbonyl (C=O) groups excluding carboxylic acids is 1. The summed E-state index contributed by atoms with van der Waals surface area (Å²) in [4.78, 5) is 13.8. The summed E-state index contributed by atoms with van der Waals surface area (Å²) in [6, 6.07) is 12.8. The van der Waals surface area contributed by atoms with Gasteiger partial charge in [-0.15, -0.1) is 11.8 Å². The van der Waals surface area contributed by atoms with Crippen LogP contribution in [0.5, 0.6) is 17.2 Å². The number of ether oxygens (including phenoxy) is 5. The molecule has 2 N–H and O–H groups in total. The van der Waals surface area contributed by atoms with Gasteiger partial charge in [0.25, 0.3) is 0 Å². The Hall–Kier alpha value is -3.48. The van der Waals surface area contributed by atoms with Crippen molar-refractivity contribution in [1.29, 1.82) is 5.26 Å². The molecule has 3 rings (SSSR count). The van der Waals surface area contributed by atoms with E-state index in [1.807, 2.05) is 12.1 Å². The lowest BCUT2D eigenvalue weighted by Crippen LogP contribution is -2.27. The van der Waals surface area contributed by atoms with E-state index < -0.39 is 11.9 Å². The van der Waals surface area contributed by atoms with Gasteiger partial charge in [-0.25, -0.2) is 4.79 Å². The number of methoxy groups -OCH3 is 3. The summed E-state index contributed by atoms with van der Waals surface area (Å²) < 4.78 is 27.4. The number of thioether (sulfide) groups is 1. The Labute approximate surface area is 213 Å². The molecule has 8 nitrogen and oxygen atoms in total. The van der Waals surface area contributed by atoms with Crippen molar-refractivity contribution in [1.82, 2.24) is 0 Å². The van der Waals surface area contributed by atoms with Crippen LogP contribution in [0.25, 0.3) is 0 Å². The van der Waals surface area contributed by atoms with Gasteiger partial charge in [0.05, 0.1) is 51.2 Å². The highest BCUT2D eigenvalue weighted by Crippen LogP contribution is 2.46. The smallest absolute Gasteiger partial charge is 0.340 e. The van der Waals surface area contributed by atoms with Crippen LogP contribution in [0, 0.1) is 11.3 Å². The molecule has 0 aromatic heterocycles. The second kappa shape index (κ2) is 11.8.